The van der Waals surface area contributed by atoms with Gasteiger partial charge in [-0.2, -0.15) is 13.2 Å². The minimum Gasteiger partial charge on any atom is -0.482 e. The van der Waals surface area contributed by atoms with Crippen LogP contribution in [0.25, 0.3) is 0 Å². The quantitative estimate of drug-likeness (QED) is 0.213. The van der Waals surface area contributed by atoms with Gasteiger partial charge in [0, 0.05) is 6.42 Å². The molecular formula is C27H21F9N2O6. The lowest BCUT2D eigenvalue weighted by atomic mass is 9.77. The Kier molecular flexibility index (Phi) is 10.1. The molecule has 0 spiro atoms. The summed E-state index contributed by atoms with van der Waals surface area (Å²) in [7, 11) is 0. The highest BCUT2D eigenvalue weighted by Crippen LogP contribution is 2.38. The van der Waals surface area contributed by atoms with E-state index in [1.807, 2.05) is 0 Å². The SMILES string of the molecule is O=C(O)COc1ccc(CC(NC(=O)NCC(F)(F)F)(c2cccc(OC(F)(F)F)c2)c2cccc(OC(F)(F)F)c2)cc1. The molecule has 0 aliphatic rings. The minimum atomic E-state index is -5.18. The van der Waals surface area contributed by atoms with Gasteiger partial charge in [-0.3, -0.25) is 0 Å². The number of halogens is 9. The Morgan fingerprint density at radius 2 is 1.20 bits per heavy atom. The first-order valence-corrected chi connectivity index (χ1v) is 12.1. The van der Waals surface area contributed by atoms with Crippen LogP contribution in [0.5, 0.6) is 17.2 Å². The summed E-state index contributed by atoms with van der Waals surface area (Å²) in [5, 5.41) is 12.7. The van der Waals surface area contributed by atoms with Gasteiger partial charge in [-0.25, -0.2) is 9.59 Å². The lowest BCUT2D eigenvalue weighted by Crippen LogP contribution is -2.53. The maximum Gasteiger partial charge on any atom is 0.573 e. The second-order valence-corrected chi connectivity index (χ2v) is 8.98. The van der Waals surface area contributed by atoms with Gasteiger partial charge in [-0.1, -0.05) is 36.4 Å². The van der Waals surface area contributed by atoms with E-state index >= 15 is 0 Å². The molecule has 8 nitrogen and oxygen atoms in total. The van der Waals surface area contributed by atoms with Crippen molar-refractivity contribution in [2.24, 2.45) is 0 Å². The first kappa shape index (κ1) is 33.7. The molecule has 3 N–H and O–H groups in total. The number of alkyl halides is 9. The number of carbonyl (C=O) groups is 2. The molecule has 238 valence electrons. The van der Waals surface area contributed by atoms with Crippen LogP contribution in [0, 0.1) is 0 Å². The fourth-order valence-electron chi connectivity index (χ4n) is 4.05. The van der Waals surface area contributed by atoms with Crippen molar-refractivity contribution in [1.29, 1.82) is 0 Å². The molecule has 0 atom stereocenters. The summed E-state index contributed by atoms with van der Waals surface area (Å²) < 4.78 is 130. The second-order valence-electron chi connectivity index (χ2n) is 8.98. The van der Waals surface area contributed by atoms with Crippen molar-refractivity contribution in [2.75, 3.05) is 13.2 Å². The Morgan fingerprint density at radius 3 is 1.64 bits per heavy atom. The molecular weight excluding hydrogens is 619 g/mol. The Bertz CT molecular complexity index is 1380. The molecule has 2 amide bonds. The van der Waals surface area contributed by atoms with E-state index in [0.717, 1.165) is 36.4 Å². The number of rotatable bonds is 11. The van der Waals surface area contributed by atoms with Gasteiger partial charge in [-0.15, -0.1) is 26.3 Å². The van der Waals surface area contributed by atoms with Crippen LogP contribution in [0.15, 0.2) is 72.8 Å². The minimum absolute atomic E-state index is 0.0683. The third-order valence-electron chi connectivity index (χ3n) is 5.65. The van der Waals surface area contributed by atoms with E-state index in [1.165, 1.54) is 36.4 Å². The fraction of sp³-hybridized carbons (Fsp3) is 0.259. The molecule has 44 heavy (non-hydrogen) atoms. The summed E-state index contributed by atoms with van der Waals surface area (Å²) in [5.74, 6) is -2.84. The predicted octanol–water partition coefficient (Wildman–Crippen LogP) is 6.30. The molecule has 0 saturated carbocycles. The summed E-state index contributed by atoms with van der Waals surface area (Å²) in [6.45, 7) is -2.53. The number of carboxylic acids is 1. The largest absolute Gasteiger partial charge is 0.573 e. The average Bonchev–Trinajstić information content (AvgIpc) is 2.89. The average molecular weight is 640 g/mol. The Labute approximate surface area is 242 Å². The van der Waals surface area contributed by atoms with E-state index in [0.29, 0.717) is 0 Å². The molecule has 0 bridgehead atoms. The van der Waals surface area contributed by atoms with Gasteiger partial charge in [0.15, 0.2) is 6.61 Å². The molecule has 3 rings (SSSR count). The van der Waals surface area contributed by atoms with E-state index in [2.05, 4.69) is 14.8 Å². The third kappa shape index (κ3) is 10.5. The molecule has 0 aliphatic carbocycles. The molecule has 3 aromatic rings. The topological polar surface area (TPSA) is 106 Å². The van der Waals surface area contributed by atoms with Crippen molar-refractivity contribution < 1.29 is 68.4 Å². The van der Waals surface area contributed by atoms with Gasteiger partial charge >= 0.3 is 30.9 Å². The number of ether oxygens (including phenoxy) is 3. The van der Waals surface area contributed by atoms with Crippen molar-refractivity contribution in [3.8, 4) is 17.2 Å². The smallest absolute Gasteiger partial charge is 0.482 e. The summed E-state index contributed by atoms with van der Waals surface area (Å²) in [4.78, 5) is 23.6. The predicted molar refractivity (Wildman–Crippen MR) is 133 cm³/mol. The van der Waals surface area contributed by atoms with Crippen LogP contribution in [0.3, 0.4) is 0 Å². The summed E-state index contributed by atoms with van der Waals surface area (Å²) >= 11 is 0. The highest BCUT2D eigenvalue weighted by Gasteiger charge is 2.40. The summed E-state index contributed by atoms with van der Waals surface area (Å²) in [5.41, 5.74) is -2.41. The Hall–Kier alpha value is -4.83. The van der Waals surface area contributed by atoms with Gasteiger partial charge in [0.25, 0.3) is 0 Å². The lowest BCUT2D eigenvalue weighted by molar-refractivity contribution is -0.275. The highest BCUT2D eigenvalue weighted by atomic mass is 19.4. The zero-order valence-electron chi connectivity index (χ0n) is 21.9. The van der Waals surface area contributed by atoms with E-state index < -0.39 is 67.5 Å². The van der Waals surface area contributed by atoms with Crippen LogP contribution < -0.4 is 24.8 Å². The standard InChI is InChI=1S/C27H21F9N2O6/c28-25(29,30)15-37-23(41)38-24(17-3-1-5-20(11-17)43-26(31,32)33,18-4-2-6-21(12-18)44-27(34,35)36)13-16-7-9-19(10-8-16)42-14-22(39)40/h1-12H,13-15H2,(H,39,40)(H2,37,38,41). The van der Waals surface area contributed by atoms with E-state index in [-0.39, 0.29) is 22.4 Å². The van der Waals surface area contributed by atoms with Gasteiger partial charge in [0.2, 0.25) is 0 Å². The first-order valence-electron chi connectivity index (χ1n) is 12.1. The number of nitrogens with one attached hydrogen (secondary N) is 2. The first-order chi connectivity index (χ1) is 20.3. The van der Waals surface area contributed by atoms with Crippen LogP contribution >= 0.6 is 0 Å². The molecule has 0 fully saturated rings. The monoisotopic (exact) mass is 640 g/mol. The van der Waals surface area contributed by atoms with Crippen molar-refractivity contribution in [1.82, 2.24) is 10.6 Å². The number of hydrogen-bond acceptors (Lipinski definition) is 5. The maximum absolute atomic E-state index is 13.0. The van der Waals surface area contributed by atoms with Gasteiger partial charge < -0.3 is 30.0 Å². The van der Waals surface area contributed by atoms with Crippen molar-refractivity contribution in [3.63, 3.8) is 0 Å². The molecule has 17 heteroatoms. The number of benzene rings is 3. The number of carbonyl (C=O) groups excluding carboxylic acids is 1. The molecule has 0 unspecified atom stereocenters. The lowest BCUT2D eigenvalue weighted by Gasteiger charge is -2.37. The van der Waals surface area contributed by atoms with E-state index in [9.17, 15) is 49.1 Å². The van der Waals surface area contributed by atoms with Crippen LogP contribution in [0.1, 0.15) is 16.7 Å². The number of aliphatic carboxylic acids is 1. The van der Waals surface area contributed by atoms with Crippen LogP contribution in [-0.2, 0) is 16.8 Å². The highest BCUT2D eigenvalue weighted by molar-refractivity contribution is 5.76. The van der Waals surface area contributed by atoms with Crippen LogP contribution in [-0.4, -0.2) is 49.2 Å². The molecule has 0 aliphatic heterocycles. The van der Waals surface area contributed by atoms with Crippen molar-refractivity contribution in [2.45, 2.75) is 30.9 Å². The molecule has 0 aromatic heterocycles. The summed E-state index contributed by atoms with van der Waals surface area (Å²) in [6, 6.07) is 11.7. The third-order valence-corrected chi connectivity index (χ3v) is 5.65. The van der Waals surface area contributed by atoms with Gasteiger partial charge in [-0.05, 0) is 53.1 Å². The van der Waals surface area contributed by atoms with Crippen molar-refractivity contribution >= 4 is 12.0 Å². The van der Waals surface area contributed by atoms with Crippen LogP contribution in [0.2, 0.25) is 0 Å². The Morgan fingerprint density at radius 1 is 0.705 bits per heavy atom. The maximum atomic E-state index is 13.0. The number of carboxylic acid groups (broad SMARTS) is 1. The molecule has 0 radical (unpaired) electrons. The second kappa shape index (κ2) is 13.2. The molecule has 0 saturated heterocycles. The van der Waals surface area contributed by atoms with E-state index in [1.54, 1.807) is 5.32 Å². The summed E-state index contributed by atoms with van der Waals surface area (Å²) in [6.07, 6.45) is -15.7. The molecule has 0 heterocycles. The van der Waals surface area contributed by atoms with Gasteiger partial charge in [0.1, 0.15) is 23.8 Å². The van der Waals surface area contributed by atoms with E-state index in [4.69, 9.17) is 9.84 Å². The molecule has 3 aromatic carbocycles. The van der Waals surface area contributed by atoms with Gasteiger partial charge in [0.05, 0.1) is 5.54 Å². The number of hydrogen-bond donors (Lipinski definition) is 3. The zero-order valence-corrected chi connectivity index (χ0v) is 21.9. The zero-order chi connectivity index (χ0) is 32.8. The fourth-order valence-corrected chi connectivity index (χ4v) is 4.05. The number of urea groups is 1. The normalized spacial score (nSPS) is 12.3. The van der Waals surface area contributed by atoms with Crippen molar-refractivity contribution in [3.05, 3.63) is 89.5 Å². The Balaban J connectivity index is 2.21. The van der Waals surface area contributed by atoms with Crippen LogP contribution in [0.4, 0.5) is 44.3 Å². The number of amides is 2.